The Morgan fingerprint density at radius 1 is 1.24 bits per heavy atom. The third kappa shape index (κ3) is 4.29. The van der Waals surface area contributed by atoms with Crippen LogP contribution in [0.5, 0.6) is 0 Å². The van der Waals surface area contributed by atoms with Gasteiger partial charge in [0.05, 0.1) is 0 Å². The molecule has 2 aromatic rings. The van der Waals surface area contributed by atoms with Crippen molar-refractivity contribution in [2.24, 2.45) is 0 Å². The highest BCUT2D eigenvalue weighted by Gasteiger charge is 2.14. The fraction of sp³-hybridized carbons (Fsp3) is 0.294. The summed E-state index contributed by atoms with van der Waals surface area (Å²) < 4.78 is 14.0. The van der Waals surface area contributed by atoms with Crippen LogP contribution in [0.25, 0.3) is 0 Å². The third-order valence-corrected chi connectivity index (χ3v) is 4.63. The van der Waals surface area contributed by atoms with Gasteiger partial charge in [-0.25, -0.2) is 4.39 Å². The van der Waals surface area contributed by atoms with Gasteiger partial charge < -0.3 is 5.32 Å². The van der Waals surface area contributed by atoms with Crippen molar-refractivity contribution in [3.05, 3.63) is 68.4 Å². The predicted octanol–water partition coefficient (Wildman–Crippen LogP) is 5.44. The largest absolute Gasteiger partial charge is 0.310 e. The molecule has 0 heterocycles. The molecule has 0 fully saturated rings. The number of hydrogen-bond donors (Lipinski definition) is 1. The normalized spacial score (nSPS) is 12.4. The van der Waals surface area contributed by atoms with Crippen molar-refractivity contribution in [3.63, 3.8) is 0 Å². The Bertz CT molecular complexity index is 630. The molecule has 1 atom stereocenters. The highest BCUT2D eigenvalue weighted by atomic mass is 79.9. The first kappa shape index (κ1) is 16.5. The molecule has 112 valence electrons. The van der Waals surface area contributed by atoms with Crippen molar-refractivity contribution in [3.8, 4) is 0 Å². The lowest BCUT2D eigenvalue weighted by Crippen LogP contribution is -2.23. The van der Waals surface area contributed by atoms with Crippen LogP contribution in [0.15, 0.2) is 40.9 Å². The highest BCUT2D eigenvalue weighted by molar-refractivity contribution is 9.10. The first-order chi connectivity index (χ1) is 10.0. The van der Waals surface area contributed by atoms with Gasteiger partial charge in [-0.3, -0.25) is 0 Å². The van der Waals surface area contributed by atoms with Crippen LogP contribution >= 0.6 is 27.5 Å². The molecule has 1 unspecified atom stereocenters. The predicted molar refractivity (Wildman–Crippen MR) is 90.4 cm³/mol. The van der Waals surface area contributed by atoms with Crippen LogP contribution < -0.4 is 5.32 Å². The first-order valence-electron chi connectivity index (χ1n) is 6.94. The quantitative estimate of drug-likeness (QED) is 0.738. The van der Waals surface area contributed by atoms with E-state index in [0.717, 1.165) is 39.2 Å². The van der Waals surface area contributed by atoms with E-state index in [4.69, 9.17) is 11.6 Å². The standard InChI is InChI=1S/C17H18BrClFN/c1-3-21-17(13-5-4-11(2)16(19)8-13)9-12-6-7-14(20)10-15(12)18/h4-8,10,17,21H,3,9H2,1-2H3. The molecule has 0 aliphatic carbocycles. The second-order valence-corrected chi connectivity index (χ2v) is 6.32. The Hall–Kier alpha value is -0.900. The maximum Gasteiger partial charge on any atom is 0.124 e. The molecule has 0 aliphatic rings. The van der Waals surface area contributed by atoms with Crippen molar-refractivity contribution in [2.45, 2.75) is 26.3 Å². The maximum atomic E-state index is 13.2. The van der Waals surface area contributed by atoms with Crippen LogP contribution in [0.2, 0.25) is 5.02 Å². The van der Waals surface area contributed by atoms with E-state index < -0.39 is 0 Å². The van der Waals surface area contributed by atoms with Gasteiger partial charge >= 0.3 is 0 Å². The summed E-state index contributed by atoms with van der Waals surface area (Å²) in [5.41, 5.74) is 3.28. The lowest BCUT2D eigenvalue weighted by molar-refractivity contribution is 0.547. The van der Waals surface area contributed by atoms with Crippen molar-refractivity contribution in [2.75, 3.05) is 6.54 Å². The summed E-state index contributed by atoms with van der Waals surface area (Å²) in [6.45, 7) is 4.92. The minimum atomic E-state index is -0.232. The third-order valence-electron chi connectivity index (χ3n) is 3.49. The van der Waals surface area contributed by atoms with E-state index in [2.05, 4.69) is 34.2 Å². The molecule has 0 spiro atoms. The van der Waals surface area contributed by atoms with Crippen molar-refractivity contribution in [1.29, 1.82) is 0 Å². The smallest absolute Gasteiger partial charge is 0.124 e. The zero-order valence-corrected chi connectivity index (χ0v) is 14.4. The summed E-state index contributed by atoms with van der Waals surface area (Å²) in [5.74, 6) is -0.232. The van der Waals surface area contributed by atoms with E-state index >= 15 is 0 Å². The summed E-state index contributed by atoms with van der Waals surface area (Å²) in [6.07, 6.45) is 0.772. The molecular weight excluding hydrogens is 353 g/mol. The molecule has 0 radical (unpaired) electrons. The van der Waals surface area contributed by atoms with E-state index in [1.807, 2.05) is 25.1 Å². The number of hydrogen-bond acceptors (Lipinski definition) is 1. The molecule has 0 saturated carbocycles. The lowest BCUT2D eigenvalue weighted by atomic mass is 9.98. The van der Waals surface area contributed by atoms with Crippen LogP contribution in [0.3, 0.4) is 0 Å². The SMILES string of the molecule is CCNC(Cc1ccc(F)cc1Br)c1ccc(C)c(Cl)c1. The Morgan fingerprint density at radius 2 is 2.00 bits per heavy atom. The van der Waals surface area contributed by atoms with Gasteiger partial charge in [-0.1, -0.05) is 52.7 Å². The van der Waals surface area contributed by atoms with Gasteiger partial charge in [-0.15, -0.1) is 0 Å². The van der Waals surface area contributed by atoms with Crippen molar-refractivity contribution >= 4 is 27.5 Å². The Balaban J connectivity index is 2.28. The summed E-state index contributed by atoms with van der Waals surface area (Å²) in [5, 5.41) is 4.23. The van der Waals surface area contributed by atoms with Crippen LogP contribution in [-0.2, 0) is 6.42 Å². The fourth-order valence-corrected chi connectivity index (χ4v) is 2.99. The molecule has 1 N–H and O–H groups in total. The van der Waals surface area contributed by atoms with Gasteiger partial charge in [0, 0.05) is 15.5 Å². The molecule has 1 nitrogen and oxygen atoms in total. The zero-order chi connectivity index (χ0) is 15.4. The van der Waals surface area contributed by atoms with Gasteiger partial charge in [0.25, 0.3) is 0 Å². The monoisotopic (exact) mass is 369 g/mol. The number of rotatable bonds is 5. The Morgan fingerprint density at radius 3 is 2.62 bits per heavy atom. The second kappa shape index (κ2) is 7.39. The van der Waals surface area contributed by atoms with Gasteiger partial charge in [-0.05, 0) is 54.8 Å². The number of benzene rings is 2. The molecule has 2 aromatic carbocycles. The molecule has 0 saturated heterocycles. The van der Waals surface area contributed by atoms with Crippen molar-refractivity contribution in [1.82, 2.24) is 5.32 Å². The average Bonchev–Trinajstić information content (AvgIpc) is 2.44. The number of likely N-dealkylation sites (N-methyl/N-ethyl adjacent to an activating group) is 1. The van der Waals surface area contributed by atoms with Crippen LogP contribution in [0.4, 0.5) is 4.39 Å². The maximum absolute atomic E-state index is 13.2. The van der Waals surface area contributed by atoms with Crippen LogP contribution in [0, 0.1) is 12.7 Å². The average molecular weight is 371 g/mol. The molecule has 0 amide bonds. The molecule has 2 rings (SSSR count). The molecule has 0 aliphatic heterocycles. The van der Waals surface area contributed by atoms with Crippen LogP contribution in [0.1, 0.15) is 29.7 Å². The van der Waals surface area contributed by atoms with E-state index in [9.17, 15) is 4.39 Å². The van der Waals surface area contributed by atoms with Gasteiger partial charge in [-0.2, -0.15) is 0 Å². The van der Waals surface area contributed by atoms with E-state index in [-0.39, 0.29) is 11.9 Å². The number of nitrogens with one attached hydrogen (secondary N) is 1. The minimum Gasteiger partial charge on any atom is -0.310 e. The highest BCUT2D eigenvalue weighted by Crippen LogP contribution is 2.27. The van der Waals surface area contributed by atoms with Gasteiger partial charge in [0.1, 0.15) is 5.82 Å². The minimum absolute atomic E-state index is 0.148. The van der Waals surface area contributed by atoms with E-state index in [1.54, 1.807) is 0 Å². The summed E-state index contributed by atoms with van der Waals surface area (Å²) in [6, 6.07) is 11.1. The van der Waals surface area contributed by atoms with E-state index in [0.29, 0.717) is 0 Å². The topological polar surface area (TPSA) is 12.0 Å². The fourth-order valence-electron chi connectivity index (χ4n) is 2.29. The summed E-state index contributed by atoms with van der Waals surface area (Å²) in [4.78, 5) is 0. The number of aryl methyl sites for hydroxylation is 1. The molecule has 21 heavy (non-hydrogen) atoms. The van der Waals surface area contributed by atoms with Gasteiger partial charge in [0.2, 0.25) is 0 Å². The lowest BCUT2D eigenvalue weighted by Gasteiger charge is -2.20. The molecular formula is C17H18BrClFN. The Labute approximate surface area is 138 Å². The summed E-state index contributed by atoms with van der Waals surface area (Å²) in [7, 11) is 0. The second-order valence-electron chi connectivity index (χ2n) is 5.06. The van der Waals surface area contributed by atoms with Gasteiger partial charge in [0.15, 0.2) is 0 Å². The molecule has 4 heteroatoms. The molecule has 0 aromatic heterocycles. The van der Waals surface area contributed by atoms with Crippen molar-refractivity contribution < 1.29 is 4.39 Å². The summed E-state index contributed by atoms with van der Waals surface area (Å²) >= 11 is 9.66. The zero-order valence-electron chi connectivity index (χ0n) is 12.1. The molecule has 0 bridgehead atoms. The van der Waals surface area contributed by atoms with E-state index in [1.165, 1.54) is 12.1 Å². The Kier molecular flexibility index (Phi) is 5.80. The number of halogens is 3. The first-order valence-corrected chi connectivity index (χ1v) is 8.11. The van der Waals surface area contributed by atoms with Crippen LogP contribution in [-0.4, -0.2) is 6.54 Å².